The molecule has 3 aliphatic rings. The first-order valence-electron chi connectivity index (χ1n) is 11.7. The maximum atomic E-state index is 13.7. The highest BCUT2D eigenvalue weighted by atomic mass is 127. The van der Waals surface area contributed by atoms with E-state index in [9.17, 15) is 24.3 Å². The van der Waals surface area contributed by atoms with Crippen LogP contribution < -0.4 is 16.1 Å². The van der Waals surface area contributed by atoms with E-state index >= 15 is 0 Å². The van der Waals surface area contributed by atoms with Gasteiger partial charge in [-0.3, -0.25) is 9.59 Å². The van der Waals surface area contributed by atoms with E-state index in [1.807, 2.05) is 51.3 Å². The summed E-state index contributed by atoms with van der Waals surface area (Å²) in [5.41, 5.74) is 1.53. The van der Waals surface area contributed by atoms with Crippen molar-refractivity contribution >= 4 is 56.7 Å². The van der Waals surface area contributed by atoms with Gasteiger partial charge in [-0.1, -0.05) is 24.3 Å². The fourth-order valence-corrected chi connectivity index (χ4v) is 6.76. The average molecular weight is 735 g/mol. The van der Waals surface area contributed by atoms with Crippen LogP contribution in [-0.2, 0) is 16.1 Å². The number of phenolic OH excluding ortho intramolecular Hbond substituents is 1. The van der Waals surface area contributed by atoms with Crippen LogP contribution in [0.4, 0.5) is 0 Å². The Bertz CT molecular complexity index is 1770. The number of aromatic hydroxyl groups is 1. The van der Waals surface area contributed by atoms with Gasteiger partial charge in [-0.05, 0) is 80.6 Å². The Balaban J connectivity index is 1.61. The van der Waals surface area contributed by atoms with Crippen molar-refractivity contribution in [3.05, 3.63) is 105 Å². The minimum atomic E-state index is -0.669. The standard InChI is InChI=1S/C27H19I2N3O6/c1-38-21-10-13(9-17(28)24(21)34)22-15-7-8-30-26(36)31(14-5-3-2-4-6-14)27(37)32(30)19(15)11-16-20(33)12-18(29)25(35)23(16)22/h2-7,9-10,12,19,22,34H,8,11H2,1H3/t19-,22+/m1/s1. The molecule has 0 spiro atoms. The highest BCUT2D eigenvalue weighted by molar-refractivity contribution is 14.1. The van der Waals surface area contributed by atoms with Crippen molar-refractivity contribution < 1.29 is 19.4 Å². The zero-order valence-corrected chi connectivity index (χ0v) is 24.2. The molecule has 0 radical (unpaired) electrons. The third-order valence-corrected chi connectivity index (χ3v) is 8.84. The van der Waals surface area contributed by atoms with Gasteiger partial charge in [0.05, 0.1) is 32.5 Å². The molecule has 9 nitrogen and oxygen atoms in total. The number of halogens is 2. The Morgan fingerprint density at radius 1 is 1.03 bits per heavy atom. The number of rotatable bonds is 3. The second-order valence-corrected chi connectivity index (χ2v) is 11.5. The lowest BCUT2D eigenvalue weighted by Gasteiger charge is -2.39. The van der Waals surface area contributed by atoms with Crippen molar-refractivity contribution in [1.82, 2.24) is 13.9 Å². The molecule has 1 aromatic heterocycles. The number of carbonyl (C=O) groups is 2. The number of para-hydroxylation sites is 1. The molecular weight excluding hydrogens is 716 g/mol. The molecule has 3 aromatic rings. The quantitative estimate of drug-likeness (QED) is 0.251. The number of ketones is 2. The van der Waals surface area contributed by atoms with E-state index in [2.05, 4.69) is 0 Å². The highest BCUT2D eigenvalue weighted by Gasteiger charge is 2.45. The molecule has 1 aliphatic heterocycles. The second kappa shape index (κ2) is 9.22. The number of phenols is 1. The molecule has 1 N–H and O–H groups in total. The van der Waals surface area contributed by atoms with E-state index in [1.165, 1.54) is 22.5 Å². The lowest BCUT2D eigenvalue weighted by molar-refractivity contribution is -0.115. The van der Waals surface area contributed by atoms with E-state index in [1.54, 1.807) is 42.5 Å². The molecule has 38 heavy (non-hydrogen) atoms. The number of nitrogens with zero attached hydrogens (tertiary/aromatic N) is 3. The van der Waals surface area contributed by atoms with Crippen molar-refractivity contribution in [2.24, 2.45) is 0 Å². The maximum Gasteiger partial charge on any atom is 0.352 e. The third-order valence-electron chi connectivity index (χ3n) is 7.22. The first-order chi connectivity index (χ1) is 18.2. The van der Waals surface area contributed by atoms with Crippen LogP contribution in [0.3, 0.4) is 0 Å². The largest absolute Gasteiger partial charge is 0.504 e. The van der Waals surface area contributed by atoms with Gasteiger partial charge < -0.3 is 9.84 Å². The van der Waals surface area contributed by atoms with Crippen LogP contribution in [0.2, 0.25) is 0 Å². The molecule has 0 unspecified atom stereocenters. The number of hydrogen-bond donors (Lipinski definition) is 1. The number of methoxy groups -OCH3 is 1. The second-order valence-electron chi connectivity index (χ2n) is 9.15. The Morgan fingerprint density at radius 3 is 2.47 bits per heavy atom. The van der Waals surface area contributed by atoms with Crippen molar-refractivity contribution in [3.8, 4) is 17.2 Å². The van der Waals surface area contributed by atoms with E-state index in [0.717, 1.165) is 10.1 Å². The van der Waals surface area contributed by atoms with Gasteiger partial charge in [0.25, 0.3) is 0 Å². The molecule has 2 atom stereocenters. The number of fused-ring (bicyclic) bond motifs is 3. The van der Waals surface area contributed by atoms with Crippen LogP contribution in [0.1, 0.15) is 23.9 Å². The van der Waals surface area contributed by atoms with Crippen LogP contribution in [0.25, 0.3) is 5.69 Å². The number of Topliss-reactive ketones (excluding diaryl/α,β-unsaturated/α-hetero) is 1. The van der Waals surface area contributed by atoms with Gasteiger partial charge in [-0.15, -0.1) is 0 Å². The Hall–Kier alpha value is -3.20. The van der Waals surface area contributed by atoms with E-state index in [-0.39, 0.29) is 36.0 Å². The van der Waals surface area contributed by atoms with Gasteiger partial charge in [-0.2, -0.15) is 0 Å². The summed E-state index contributed by atoms with van der Waals surface area (Å²) < 4.78 is 10.1. The summed E-state index contributed by atoms with van der Waals surface area (Å²) in [6.45, 7) is 0.125. The number of carbonyl (C=O) groups excluding carboxylic acids is 2. The molecule has 192 valence electrons. The van der Waals surface area contributed by atoms with Crippen molar-refractivity contribution in [1.29, 1.82) is 0 Å². The Kier molecular flexibility index (Phi) is 6.09. The van der Waals surface area contributed by atoms with Crippen molar-refractivity contribution in [2.45, 2.75) is 24.9 Å². The monoisotopic (exact) mass is 735 g/mol. The van der Waals surface area contributed by atoms with Crippen LogP contribution in [0, 0.1) is 3.57 Å². The molecule has 0 saturated carbocycles. The number of benzene rings is 2. The number of allylic oxidation sites excluding steroid dienone is 6. The molecule has 2 heterocycles. The van der Waals surface area contributed by atoms with Gasteiger partial charge in [0.15, 0.2) is 23.1 Å². The predicted octanol–water partition coefficient (Wildman–Crippen LogP) is 3.56. The zero-order valence-electron chi connectivity index (χ0n) is 19.9. The lowest BCUT2D eigenvalue weighted by atomic mass is 9.69. The topological polar surface area (TPSA) is 113 Å². The highest BCUT2D eigenvalue weighted by Crippen LogP contribution is 2.51. The first kappa shape index (κ1) is 25.1. The van der Waals surface area contributed by atoms with Gasteiger partial charge in [-0.25, -0.2) is 23.5 Å². The molecule has 0 amide bonds. The summed E-state index contributed by atoms with van der Waals surface area (Å²) in [7, 11) is 1.44. The molecule has 0 fully saturated rings. The smallest absolute Gasteiger partial charge is 0.352 e. The Labute approximate surface area is 243 Å². The van der Waals surface area contributed by atoms with Gasteiger partial charge in [0.2, 0.25) is 0 Å². The van der Waals surface area contributed by atoms with Gasteiger partial charge in [0, 0.05) is 29.6 Å². The summed E-state index contributed by atoms with van der Waals surface area (Å²) in [4.78, 5) is 53.8. The summed E-state index contributed by atoms with van der Waals surface area (Å²) >= 11 is 3.87. The summed E-state index contributed by atoms with van der Waals surface area (Å²) in [5.74, 6) is -0.997. The molecule has 0 saturated heterocycles. The van der Waals surface area contributed by atoms with Gasteiger partial charge in [0.1, 0.15) is 0 Å². The minimum Gasteiger partial charge on any atom is -0.504 e. The van der Waals surface area contributed by atoms with E-state index in [0.29, 0.717) is 29.5 Å². The molecule has 0 bridgehead atoms. The molecule has 6 rings (SSSR count). The van der Waals surface area contributed by atoms with E-state index in [4.69, 9.17) is 4.74 Å². The third kappa shape index (κ3) is 3.61. The van der Waals surface area contributed by atoms with Gasteiger partial charge >= 0.3 is 11.4 Å². The summed E-state index contributed by atoms with van der Waals surface area (Å²) in [6.07, 6.45) is 3.29. The minimum absolute atomic E-state index is 0.0263. The predicted molar refractivity (Wildman–Crippen MR) is 155 cm³/mol. The average Bonchev–Trinajstić information content (AvgIpc) is 3.17. The van der Waals surface area contributed by atoms with Crippen LogP contribution >= 0.6 is 45.2 Å². The van der Waals surface area contributed by atoms with Crippen LogP contribution in [0.15, 0.2) is 84.5 Å². The number of hydrogen-bond acceptors (Lipinski definition) is 6. The van der Waals surface area contributed by atoms with Crippen LogP contribution in [-0.4, -0.2) is 37.7 Å². The van der Waals surface area contributed by atoms with Crippen LogP contribution in [0.5, 0.6) is 11.5 Å². The molecular formula is C27H19I2N3O6. The van der Waals surface area contributed by atoms with Crippen molar-refractivity contribution in [2.75, 3.05) is 7.11 Å². The summed E-state index contributed by atoms with van der Waals surface area (Å²) in [6, 6.07) is 11.4. The zero-order chi connectivity index (χ0) is 26.9. The maximum absolute atomic E-state index is 13.7. The molecule has 2 aromatic carbocycles. The van der Waals surface area contributed by atoms with Crippen molar-refractivity contribution in [3.63, 3.8) is 0 Å². The molecule has 2 aliphatic carbocycles. The van der Waals surface area contributed by atoms with E-state index < -0.39 is 23.3 Å². The lowest BCUT2D eigenvalue weighted by Crippen LogP contribution is -2.40. The first-order valence-corrected chi connectivity index (χ1v) is 13.8. The fraction of sp³-hybridized carbons (Fsp3) is 0.185. The molecule has 11 heteroatoms. The number of ether oxygens (including phenoxy) is 1. The SMILES string of the molecule is COc1cc([C@H]2C3=CCn4c(=O)n(-c5ccccc5)c(=O)n4[C@@H]3CC3=C2C(=O)C(I)=CC3=O)cc(I)c1O. The fourth-order valence-electron chi connectivity index (χ4n) is 5.56. The Morgan fingerprint density at radius 2 is 1.76 bits per heavy atom. The summed E-state index contributed by atoms with van der Waals surface area (Å²) in [5, 5.41) is 10.5. The number of aromatic nitrogens is 3. The normalized spacial score (nSPS) is 20.4.